The Balaban J connectivity index is 1.47. The van der Waals surface area contributed by atoms with Gasteiger partial charge < -0.3 is 15.0 Å². The van der Waals surface area contributed by atoms with E-state index in [2.05, 4.69) is 10.4 Å². The van der Waals surface area contributed by atoms with E-state index in [-0.39, 0.29) is 23.9 Å². The first-order valence-electron chi connectivity index (χ1n) is 9.30. The molecule has 0 radical (unpaired) electrons. The summed E-state index contributed by atoms with van der Waals surface area (Å²) in [5, 5.41) is 6.45. The molecule has 7 nitrogen and oxygen atoms in total. The summed E-state index contributed by atoms with van der Waals surface area (Å²) in [7, 11) is 1.31. The minimum Gasteiger partial charge on any atom is -0.488 e. The number of carbonyl (C=O) groups is 2. The fourth-order valence-electron chi connectivity index (χ4n) is 3.33. The van der Waals surface area contributed by atoms with Crippen molar-refractivity contribution >= 4 is 17.6 Å². The van der Waals surface area contributed by atoms with Crippen molar-refractivity contribution in [3.63, 3.8) is 0 Å². The summed E-state index contributed by atoms with van der Waals surface area (Å²) in [5.41, 5.74) is 1.16. The minimum atomic E-state index is -1.15. The third kappa shape index (κ3) is 4.23. The lowest BCUT2D eigenvalue weighted by Gasteiger charge is -2.20. The first-order valence-corrected chi connectivity index (χ1v) is 9.30. The third-order valence-corrected chi connectivity index (χ3v) is 4.80. The minimum absolute atomic E-state index is 0.137. The zero-order valence-corrected chi connectivity index (χ0v) is 16.3. The van der Waals surface area contributed by atoms with Gasteiger partial charge in [0, 0.05) is 31.8 Å². The van der Waals surface area contributed by atoms with Gasteiger partial charge in [0.15, 0.2) is 5.82 Å². The quantitative estimate of drug-likeness (QED) is 0.694. The molecule has 1 aromatic heterocycles. The molecule has 160 valence electrons. The molecule has 0 bridgehead atoms. The van der Waals surface area contributed by atoms with E-state index in [1.165, 1.54) is 31.6 Å². The van der Waals surface area contributed by atoms with E-state index in [9.17, 15) is 22.8 Å². The number of ether oxygens (including phenoxy) is 1. The Labute approximate surface area is 175 Å². The van der Waals surface area contributed by atoms with Crippen molar-refractivity contribution in [2.75, 3.05) is 18.6 Å². The Kier molecular flexibility index (Phi) is 5.37. The van der Waals surface area contributed by atoms with Crippen LogP contribution in [-0.2, 0) is 11.2 Å². The van der Waals surface area contributed by atoms with E-state index >= 15 is 0 Å². The van der Waals surface area contributed by atoms with Crippen LogP contribution in [-0.4, -0.2) is 41.4 Å². The Hall–Kier alpha value is -3.82. The number of aromatic nitrogens is 2. The molecule has 10 heteroatoms. The number of halogens is 3. The SMILES string of the molecule is CN1C(=O)[C@@H](NC(=O)n2cc(Cc3cccc(F)c3)cn2)COc2cc(F)cc(F)c21. The van der Waals surface area contributed by atoms with Gasteiger partial charge in [-0.2, -0.15) is 9.78 Å². The number of amides is 2. The van der Waals surface area contributed by atoms with Crippen LogP contribution in [0.3, 0.4) is 0 Å². The molecule has 1 aliphatic heterocycles. The van der Waals surface area contributed by atoms with Crippen LogP contribution in [0, 0.1) is 17.5 Å². The number of benzene rings is 2. The van der Waals surface area contributed by atoms with Crippen LogP contribution in [0.5, 0.6) is 5.75 Å². The van der Waals surface area contributed by atoms with Crippen molar-refractivity contribution < 1.29 is 27.5 Å². The highest BCUT2D eigenvalue weighted by molar-refractivity contribution is 6.00. The summed E-state index contributed by atoms with van der Waals surface area (Å²) in [5.74, 6) is -2.93. The number of likely N-dealkylation sites (N-methyl/N-ethyl adjacent to an activating group) is 1. The average Bonchev–Trinajstić information content (AvgIpc) is 3.14. The maximum Gasteiger partial charge on any atom is 0.342 e. The van der Waals surface area contributed by atoms with Gasteiger partial charge in [0.1, 0.15) is 35.7 Å². The maximum absolute atomic E-state index is 14.2. The second-order valence-corrected chi connectivity index (χ2v) is 7.04. The molecule has 0 saturated heterocycles. The highest BCUT2D eigenvalue weighted by Gasteiger charge is 2.33. The maximum atomic E-state index is 14.2. The average molecular weight is 430 g/mol. The first-order chi connectivity index (χ1) is 14.8. The summed E-state index contributed by atoms with van der Waals surface area (Å²) >= 11 is 0. The molecule has 0 fully saturated rings. The molecule has 1 N–H and O–H groups in total. The van der Waals surface area contributed by atoms with Gasteiger partial charge >= 0.3 is 6.03 Å². The number of anilines is 1. The van der Waals surface area contributed by atoms with Crippen molar-refractivity contribution in [2.24, 2.45) is 0 Å². The van der Waals surface area contributed by atoms with Gasteiger partial charge in [0.05, 0.1) is 6.20 Å². The van der Waals surface area contributed by atoms with Crippen molar-refractivity contribution in [1.82, 2.24) is 15.1 Å². The third-order valence-electron chi connectivity index (χ3n) is 4.80. The molecule has 2 aromatic carbocycles. The summed E-state index contributed by atoms with van der Waals surface area (Å²) in [6.45, 7) is -0.317. The molecule has 0 aliphatic carbocycles. The Morgan fingerprint density at radius 1 is 1.19 bits per heavy atom. The molecule has 2 heterocycles. The summed E-state index contributed by atoms with van der Waals surface area (Å²) < 4.78 is 47.4. The lowest BCUT2D eigenvalue weighted by Crippen LogP contribution is -2.50. The fraction of sp³-hybridized carbons (Fsp3) is 0.190. The Morgan fingerprint density at radius 3 is 2.77 bits per heavy atom. The molecule has 4 rings (SSSR count). The molecule has 1 aliphatic rings. The lowest BCUT2D eigenvalue weighted by molar-refractivity contribution is -0.120. The smallest absolute Gasteiger partial charge is 0.342 e. The van der Waals surface area contributed by atoms with Crippen LogP contribution >= 0.6 is 0 Å². The normalized spacial score (nSPS) is 15.8. The predicted octanol–water partition coefficient (Wildman–Crippen LogP) is 2.87. The Bertz CT molecular complexity index is 1160. The van der Waals surface area contributed by atoms with E-state index < -0.39 is 29.6 Å². The second kappa shape index (κ2) is 8.13. The number of hydrogen-bond acceptors (Lipinski definition) is 4. The van der Waals surface area contributed by atoms with E-state index in [0.29, 0.717) is 23.6 Å². The summed E-state index contributed by atoms with van der Waals surface area (Å²) in [6, 6.07) is 5.81. The summed E-state index contributed by atoms with van der Waals surface area (Å²) in [4.78, 5) is 26.2. The topological polar surface area (TPSA) is 76.5 Å². The van der Waals surface area contributed by atoms with E-state index in [4.69, 9.17) is 4.74 Å². The zero-order chi connectivity index (χ0) is 22.1. The van der Waals surface area contributed by atoms with E-state index in [1.54, 1.807) is 12.1 Å². The number of rotatable bonds is 3. The number of hydrogen-bond donors (Lipinski definition) is 1. The molecular weight excluding hydrogens is 413 g/mol. The predicted molar refractivity (Wildman–Crippen MR) is 104 cm³/mol. The van der Waals surface area contributed by atoms with E-state index in [0.717, 1.165) is 15.6 Å². The van der Waals surface area contributed by atoms with Gasteiger partial charge in [-0.05, 0) is 23.3 Å². The van der Waals surface area contributed by atoms with Crippen LogP contribution in [0.25, 0.3) is 0 Å². The monoisotopic (exact) mass is 430 g/mol. The van der Waals surface area contributed by atoms with Crippen molar-refractivity contribution in [1.29, 1.82) is 0 Å². The lowest BCUT2D eigenvalue weighted by atomic mass is 10.1. The van der Waals surface area contributed by atoms with Crippen molar-refractivity contribution in [3.05, 3.63) is 77.4 Å². The van der Waals surface area contributed by atoms with Gasteiger partial charge in [-0.1, -0.05) is 12.1 Å². The second-order valence-electron chi connectivity index (χ2n) is 7.04. The molecule has 0 spiro atoms. The highest BCUT2D eigenvalue weighted by atomic mass is 19.1. The molecule has 31 heavy (non-hydrogen) atoms. The van der Waals surface area contributed by atoms with Crippen molar-refractivity contribution in [3.8, 4) is 5.75 Å². The largest absolute Gasteiger partial charge is 0.488 e. The fourth-order valence-corrected chi connectivity index (χ4v) is 3.33. The number of fused-ring (bicyclic) bond motifs is 1. The molecular formula is C21H17F3N4O3. The van der Waals surface area contributed by atoms with Crippen molar-refractivity contribution in [2.45, 2.75) is 12.5 Å². The van der Waals surface area contributed by atoms with Crippen LogP contribution in [0.2, 0.25) is 0 Å². The number of carbonyl (C=O) groups excluding carboxylic acids is 2. The molecule has 0 unspecified atom stereocenters. The van der Waals surface area contributed by atoms with Crippen LogP contribution < -0.4 is 15.0 Å². The van der Waals surface area contributed by atoms with Crippen LogP contribution in [0.1, 0.15) is 11.1 Å². The number of nitrogens with one attached hydrogen (secondary N) is 1. The van der Waals surface area contributed by atoms with Gasteiger partial charge in [0.2, 0.25) is 0 Å². The van der Waals surface area contributed by atoms with Gasteiger partial charge in [0.25, 0.3) is 5.91 Å². The molecule has 0 saturated carbocycles. The summed E-state index contributed by atoms with van der Waals surface area (Å²) in [6.07, 6.45) is 3.27. The van der Waals surface area contributed by atoms with Gasteiger partial charge in [-0.3, -0.25) is 4.79 Å². The van der Waals surface area contributed by atoms with Crippen LogP contribution in [0.4, 0.5) is 23.7 Å². The van der Waals surface area contributed by atoms with Gasteiger partial charge in [-0.15, -0.1) is 0 Å². The molecule has 2 amide bonds. The molecule has 1 atom stereocenters. The standard InChI is InChI=1S/C21H17F3N4O3/c1-27-19-16(24)7-15(23)8-18(19)31-11-17(20(27)29)26-21(30)28-10-13(9-25-28)5-12-3-2-4-14(22)6-12/h2-4,6-10,17H,5,11H2,1H3,(H,26,30)/t17-/m0/s1. The molecule has 3 aromatic rings. The van der Waals surface area contributed by atoms with Gasteiger partial charge in [-0.25, -0.2) is 18.0 Å². The number of nitrogens with zero attached hydrogens (tertiary/aromatic N) is 3. The van der Waals surface area contributed by atoms with Crippen LogP contribution in [0.15, 0.2) is 48.8 Å². The van der Waals surface area contributed by atoms with E-state index in [1.807, 2.05) is 0 Å². The Morgan fingerprint density at radius 2 is 2.00 bits per heavy atom. The first kappa shape index (κ1) is 20.5. The highest BCUT2D eigenvalue weighted by Crippen LogP contribution is 2.34. The zero-order valence-electron chi connectivity index (χ0n) is 16.3.